The molecule has 0 heterocycles. The molecule has 0 aromatic carbocycles. The molecular formula is C10H16O2. The van der Waals surface area contributed by atoms with Gasteiger partial charge in [-0.3, -0.25) is 4.79 Å². The molecule has 0 amide bonds. The number of ketones is 1. The molecule has 0 bridgehead atoms. The van der Waals surface area contributed by atoms with Gasteiger partial charge in [0.25, 0.3) is 0 Å². The van der Waals surface area contributed by atoms with Gasteiger partial charge in [-0.1, -0.05) is 13.0 Å². The highest BCUT2D eigenvalue weighted by Gasteiger charge is 2.12. The molecule has 0 N–H and O–H groups in total. The Kier molecular flexibility index (Phi) is 4.01. The number of carbonyl (C=O) groups is 1. The third kappa shape index (κ3) is 2.78. The van der Waals surface area contributed by atoms with Crippen molar-refractivity contribution in [1.29, 1.82) is 0 Å². The molecule has 0 saturated heterocycles. The average molecular weight is 168 g/mol. The summed E-state index contributed by atoms with van der Waals surface area (Å²) in [7, 11) is 0. The summed E-state index contributed by atoms with van der Waals surface area (Å²) >= 11 is 0. The van der Waals surface area contributed by atoms with Crippen molar-refractivity contribution in [2.45, 2.75) is 32.6 Å². The van der Waals surface area contributed by atoms with Crippen LogP contribution in [0.2, 0.25) is 0 Å². The summed E-state index contributed by atoms with van der Waals surface area (Å²) in [6, 6.07) is 0. The minimum atomic E-state index is 0.181. The lowest BCUT2D eigenvalue weighted by molar-refractivity contribution is -0.120. The second kappa shape index (κ2) is 5.09. The Morgan fingerprint density at radius 3 is 3.08 bits per heavy atom. The topological polar surface area (TPSA) is 26.3 Å². The quantitative estimate of drug-likeness (QED) is 0.587. The van der Waals surface area contributed by atoms with Gasteiger partial charge in [0.05, 0.1) is 0 Å². The van der Waals surface area contributed by atoms with Crippen LogP contribution >= 0.6 is 0 Å². The zero-order valence-corrected chi connectivity index (χ0v) is 7.64. The molecule has 2 heteroatoms. The molecule has 0 spiro atoms. The van der Waals surface area contributed by atoms with Crippen LogP contribution in [0.3, 0.4) is 0 Å². The van der Waals surface area contributed by atoms with Gasteiger partial charge < -0.3 is 4.74 Å². The molecule has 0 radical (unpaired) electrons. The van der Waals surface area contributed by atoms with E-state index in [1.165, 1.54) is 0 Å². The van der Waals surface area contributed by atoms with Crippen molar-refractivity contribution in [1.82, 2.24) is 0 Å². The summed E-state index contributed by atoms with van der Waals surface area (Å²) in [5.74, 6) is 0.181. The number of hydrogen-bond acceptors (Lipinski definition) is 2. The first kappa shape index (κ1) is 9.46. The van der Waals surface area contributed by atoms with E-state index in [2.05, 4.69) is 0 Å². The maximum absolute atomic E-state index is 11.3. The standard InChI is InChI=1S/C10H16O2/c1-2-7-12-8-10(11)9-5-3-4-6-9/h5H,2-4,6-8H2,1H3. The minimum absolute atomic E-state index is 0.181. The fraction of sp³-hybridized carbons (Fsp3) is 0.700. The van der Waals surface area contributed by atoms with E-state index in [1.54, 1.807) is 0 Å². The number of hydrogen-bond donors (Lipinski definition) is 0. The van der Waals surface area contributed by atoms with Crippen LogP contribution in [-0.2, 0) is 9.53 Å². The highest BCUT2D eigenvalue weighted by Crippen LogP contribution is 2.18. The zero-order chi connectivity index (χ0) is 8.81. The third-order valence-corrected chi connectivity index (χ3v) is 1.98. The van der Waals surface area contributed by atoms with Crippen LogP contribution in [0.25, 0.3) is 0 Å². The van der Waals surface area contributed by atoms with E-state index >= 15 is 0 Å². The SMILES string of the molecule is CCCOCC(=O)C1=CCCC1. The van der Waals surface area contributed by atoms with E-state index in [-0.39, 0.29) is 12.4 Å². The van der Waals surface area contributed by atoms with E-state index in [0.29, 0.717) is 6.61 Å². The zero-order valence-electron chi connectivity index (χ0n) is 7.64. The van der Waals surface area contributed by atoms with Crippen LogP contribution in [0.15, 0.2) is 11.6 Å². The molecule has 0 aliphatic heterocycles. The molecule has 12 heavy (non-hydrogen) atoms. The summed E-state index contributed by atoms with van der Waals surface area (Å²) in [5.41, 5.74) is 0.978. The molecule has 0 saturated carbocycles. The Morgan fingerprint density at radius 2 is 2.50 bits per heavy atom. The maximum Gasteiger partial charge on any atom is 0.184 e. The Hall–Kier alpha value is -0.630. The van der Waals surface area contributed by atoms with E-state index in [9.17, 15) is 4.79 Å². The van der Waals surface area contributed by atoms with Gasteiger partial charge in [0.15, 0.2) is 5.78 Å². The molecule has 68 valence electrons. The minimum Gasteiger partial charge on any atom is -0.373 e. The summed E-state index contributed by atoms with van der Waals surface area (Å²) in [6.07, 6.45) is 6.17. The smallest absolute Gasteiger partial charge is 0.184 e. The summed E-state index contributed by atoms with van der Waals surface area (Å²) in [6.45, 7) is 3.01. The van der Waals surface area contributed by atoms with Crippen molar-refractivity contribution in [3.8, 4) is 0 Å². The first-order valence-corrected chi connectivity index (χ1v) is 4.64. The van der Waals surface area contributed by atoms with Crippen LogP contribution in [-0.4, -0.2) is 19.0 Å². The molecule has 1 aliphatic carbocycles. The Labute approximate surface area is 73.6 Å². The number of Topliss-reactive ketones (excluding diaryl/α,β-unsaturated/α-hetero) is 1. The molecule has 1 rings (SSSR count). The van der Waals surface area contributed by atoms with Crippen LogP contribution in [0.4, 0.5) is 0 Å². The van der Waals surface area contributed by atoms with Crippen LogP contribution in [0.5, 0.6) is 0 Å². The normalized spacial score (nSPS) is 16.2. The molecule has 2 nitrogen and oxygen atoms in total. The molecule has 0 unspecified atom stereocenters. The summed E-state index contributed by atoms with van der Waals surface area (Å²) < 4.78 is 5.17. The van der Waals surface area contributed by atoms with Crippen LogP contribution in [0.1, 0.15) is 32.6 Å². The van der Waals surface area contributed by atoms with Gasteiger partial charge >= 0.3 is 0 Å². The van der Waals surface area contributed by atoms with Crippen molar-refractivity contribution >= 4 is 5.78 Å². The maximum atomic E-state index is 11.3. The molecule has 0 aromatic rings. The predicted molar refractivity (Wildman–Crippen MR) is 48.1 cm³/mol. The van der Waals surface area contributed by atoms with Crippen LogP contribution in [0, 0.1) is 0 Å². The summed E-state index contributed by atoms with van der Waals surface area (Å²) in [5, 5.41) is 0. The number of carbonyl (C=O) groups excluding carboxylic acids is 1. The van der Waals surface area contributed by atoms with E-state index < -0.39 is 0 Å². The van der Waals surface area contributed by atoms with Crippen molar-refractivity contribution in [2.24, 2.45) is 0 Å². The van der Waals surface area contributed by atoms with Gasteiger partial charge in [0.2, 0.25) is 0 Å². The average Bonchev–Trinajstić information content (AvgIpc) is 2.56. The Balaban J connectivity index is 2.19. The highest BCUT2D eigenvalue weighted by atomic mass is 16.5. The first-order chi connectivity index (χ1) is 5.84. The third-order valence-electron chi connectivity index (χ3n) is 1.98. The number of allylic oxidation sites excluding steroid dienone is 1. The number of ether oxygens (including phenoxy) is 1. The monoisotopic (exact) mass is 168 g/mol. The molecular weight excluding hydrogens is 152 g/mol. The Bertz CT molecular complexity index is 182. The second-order valence-corrected chi connectivity index (χ2v) is 3.10. The molecule has 0 aromatic heterocycles. The van der Waals surface area contributed by atoms with Gasteiger partial charge in [0, 0.05) is 6.61 Å². The van der Waals surface area contributed by atoms with Crippen molar-refractivity contribution in [3.63, 3.8) is 0 Å². The lowest BCUT2D eigenvalue weighted by Crippen LogP contribution is -2.10. The van der Waals surface area contributed by atoms with E-state index in [1.807, 2.05) is 13.0 Å². The van der Waals surface area contributed by atoms with E-state index in [4.69, 9.17) is 4.74 Å². The summed E-state index contributed by atoms with van der Waals surface area (Å²) in [4.78, 5) is 11.3. The number of rotatable bonds is 5. The van der Waals surface area contributed by atoms with Gasteiger partial charge in [-0.05, 0) is 31.3 Å². The predicted octanol–water partition coefficient (Wildman–Crippen LogP) is 2.09. The van der Waals surface area contributed by atoms with Crippen LogP contribution < -0.4 is 0 Å². The fourth-order valence-electron chi connectivity index (χ4n) is 1.33. The molecule has 0 atom stereocenters. The van der Waals surface area contributed by atoms with Crippen molar-refractivity contribution in [3.05, 3.63) is 11.6 Å². The molecule has 0 fully saturated rings. The van der Waals surface area contributed by atoms with Gasteiger partial charge in [-0.25, -0.2) is 0 Å². The first-order valence-electron chi connectivity index (χ1n) is 4.64. The highest BCUT2D eigenvalue weighted by molar-refractivity contribution is 5.96. The van der Waals surface area contributed by atoms with E-state index in [0.717, 1.165) is 31.3 Å². The fourth-order valence-corrected chi connectivity index (χ4v) is 1.33. The molecule has 1 aliphatic rings. The second-order valence-electron chi connectivity index (χ2n) is 3.10. The van der Waals surface area contributed by atoms with Gasteiger partial charge in [0.1, 0.15) is 6.61 Å². The lowest BCUT2D eigenvalue weighted by Gasteiger charge is -2.01. The Morgan fingerprint density at radius 1 is 1.67 bits per heavy atom. The van der Waals surface area contributed by atoms with Gasteiger partial charge in [-0.2, -0.15) is 0 Å². The van der Waals surface area contributed by atoms with Crippen molar-refractivity contribution in [2.75, 3.05) is 13.2 Å². The van der Waals surface area contributed by atoms with Gasteiger partial charge in [-0.15, -0.1) is 0 Å². The lowest BCUT2D eigenvalue weighted by atomic mass is 10.1. The largest absolute Gasteiger partial charge is 0.373 e. The van der Waals surface area contributed by atoms with Crippen molar-refractivity contribution < 1.29 is 9.53 Å².